The number of aryl methyl sites for hydroxylation is 2. The van der Waals surface area contributed by atoms with E-state index in [9.17, 15) is 0 Å². The van der Waals surface area contributed by atoms with Gasteiger partial charge in [0, 0.05) is 36.3 Å². The molecule has 0 aliphatic rings. The smallest absolute Gasteiger partial charge is 0.0896 e. The predicted molar refractivity (Wildman–Crippen MR) is 66.5 cm³/mol. The Labute approximate surface area is 98.9 Å². The van der Waals surface area contributed by atoms with E-state index in [1.165, 1.54) is 0 Å². The summed E-state index contributed by atoms with van der Waals surface area (Å²) in [5, 5.41) is 4.16. The van der Waals surface area contributed by atoms with Crippen molar-refractivity contribution in [3.63, 3.8) is 0 Å². The first-order chi connectivity index (χ1) is 8.22. The van der Waals surface area contributed by atoms with E-state index in [2.05, 4.69) is 15.1 Å². The van der Waals surface area contributed by atoms with Crippen molar-refractivity contribution in [1.29, 1.82) is 0 Å². The van der Waals surface area contributed by atoms with Gasteiger partial charge >= 0.3 is 0 Å². The number of hydrogen-bond acceptors (Lipinski definition) is 3. The molecule has 0 aliphatic heterocycles. The Morgan fingerprint density at radius 2 is 1.94 bits per heavy atom. The van der Waals surface area contributed by atoms with E-state index >= 15 is 0 Å². The first-order valence-electron chi connectivity index (χ1n) is 5.45. The maximum atomic E-state index is 4.48. The van der Waals surface area contributed by atoms with Crippen molar-refractivity contribution < 1.29 is 0 Å². The van der Waals surface area contributed by atoms with Crippen LogP contribution in [0.25, 0.3) is 22.2 Å². The second kappa shape index (κ2) is 3.66. The highest BCUT2D eigenvalue weighted by atomic mass is 15.2. The van der Waals surface area contributed by atoms with Crippen molar-refractivity contribution in [3.8, 4) is 11.1 Å². The molecular formula is C13H12N4. The van der Waals surface area contributed by atoms with Gasteiger partial charge < -0.3 is 0 Å². The third-order valence-corrected chi connectivity index (χ3v) is 2.71. The van der Waals surface area contributed by atoms with E-state index < -0.39 is 0 Å². The van der Waals surface area contributed by atoms with Crippen LogP contribution < -0.4 is 0 Å². The molecule has 3 aromatic heterocycles. The minimum absolute atomic E-state index is 0.920. The van der Waals surface area contributed by atoms with Crippen molar-refractivity contribution in [2.75, 3.05) is 0 Å². The topological polar surface area (TPSA) is 43.6 Å². The first kappa shape index (κ1) is 9.96. The van der Waals surface area contributed by atoms with E-state index in [0.717, 1.165) is 27.9 Å². The SMILES string of the molecule is Cc1ccc2ncc(-c3cnn(C)c3)cc2n1. The van der Waals surface area contributed by atoms with Crippen LogP contribution in [0.5, 0.6) is 0 Å². The van der Waals surface area contributed by atoms with Gasteiger partial charge in [-0.15, -0.1) is 0 Å². The van der Waals surface area contributed by atoms with Gasteiger partial charge in [0.2, 0.25) is 0 Å². The lowest BCUT2D eigenvalue weighted by Gasteiger charge is -2.01. The first-order valence-corrected chi connectivity index (χ1v) is 5.45. The Morgan fingerprint density at radius 3 is 2.71 bits per heavy atom. The molecule has 0 radical (unpaired) electrons. The van der Waals surface area contributed by atoms with E-state index in [1.807, 2.05) is 50.8 Å². The number of fused-ring (bicyclic) bond motifs is 1. The number of rotatable bonds is 1. The Bertz CT molecular complexity index is 685. The molecule has 4 heteroatoms. The van der Waals surface area contributed by atoms with Crippen molar-refractivity contribution in [1.82, 2.24) is 19.7 Å². The molecule has 0 aliphatic carbocycles. The van der Waals surface area contributed by atoms with Crippen molar-refractivity contribution in [3.05, 3.63) is 42.5 Å². The highest BCUT2D eigenvalue weighted by Gasteiger charge is 2.03. The van der Waals surface area contributed by atoms with E-state index in [-0.39, 0.29) is 0 Å². The van der Waals surface area contributed by atoms with Gasteiger partial charge in [-0.05, 0) is 25.1 Å². The van der Waals surface area contributed by atoms with Crippen LogP contribution in [-0.2, 0) is 7.05 Å². The van der Waals surface area contributed by atoms with Gasteiger partial charge in [-0.25, -0.2) is 0 Å². The maximum absolute atomic E-state index is 4.48. The van der Waals surface area contributed by atoms with Crippen molar-refractivity contribution in [2.45, 2.75) is 6.92 Å². The summed E-state index contributed by atoms with van der Waals surface area (Å²) < 4.78 is 1.78. The predicted octanol–water partition coefficient (Wildman–Crippen LogP) is 2.34. The number of nitrogens with zero attached hydrogens (tertiary/aromatic N) is 4. The Kier molecular flexibility index (Phi) is 2.14. The van der Waals surface area contributed by atoms with Crippen LogP contribution in [0.1, 0.15) is 5.69 Å². The normalized spacial score (nSPS) is 10.9. The van der Waals surface area contributed by atoms with Gasteiger partial charge in [0.05, 0.1) is 17.2 Å². The van der Waals surface area contributed by atoms with Gasteiger partial charge in [-0.1, -0.05) is 0 Å². The summed E-state index contributed by atoms with van der Waals surface area (Å²) in [4.78, 5) is 8.89. The molecule has 0 atom stereocenters. The number of hydrogen-bond donors (Lipinski definition) is 0. The lowest BCUT2D eigenvalue weighted by molar-refractivity contribution is 0.768. The van der Waals surface area contributed by atoms with Crippen LogP contribution >= 0.6 is 0 Å². The molecule has 3 rings (SSSR count). The van der Waals surface area contributed by atoms with Crippen molar-refractivity contribution >= 4 is 11.0 Å². The van der Waals surface area contributed by atoms with Gasteiger partial charge in [-0.3, -0.25) is 14.6 Å². The average Bonchev–Trinajstić information content (AvgIpc) is 2.75. The van der Waals surface area contributed by atoms with E-state index in [0.29, 0.717) is 0 Å². The fraction of sp³-hybridized carbons (Fsp3) is 0.154. The molecular weight excluding hydrogens is 212 g/mol. The molecule has 0 bridgehead atoms. The summed E-state index contributed by atoms with van der Waals surface area (Å²) >= 11 is 0. The summed E-state index contributed by atoms with van der Waals surface area (Å²) in [6.45, 7) is 1.98. The molecule has 0 aromatic carbocycles. The van der Waals surface area contributed by atoms with E-state index in [1.54, 1.807) is 4.68 Å². The zero-order chi connectivity index (χ0) is 11.8. The molecule has 0 spiro atoms. The molecule has 3 heterocycles. The summed E-state index contributed by atoms with van der Waals surface area (Å²) in [5.74, 6) is 0. The largest absolute Gasteiger partial charge is 0.275 e. The number of pyridine rings is 2. The molecule has 0 N–H and O–H groups in total. The Morgan fingerprint density at radius 1 is 1.06 bits per heavy atom. The zero-order valence-corrected chi connectivity index (χ0v) is 9.75. The third kappa shape index (κ3) is 1.78. The zero-order valence-electron chi connectivity index (χ0n) is 9.75. The van der Waals surface area contributed by atoms with Crippen LogP contribution in [0.3, 0.4) is 0 Å². The summed E-state index contributed by atoms with van der Waals surface area (Å²) in [6.07, 6.45) is 5.66. The molecule has 0 unspecified atom stereocenters. The fourth-order valence-corrected chi connectivity index (χ4v) is 1.84. The maximum Gasteiger partial charge on any atom is 0.0896 e. The third-order valence-electron chi connectivity index (χ3n) is 2.71. The van der Waals surface area contributed by atoms with Crippen LogP contribution in [0.4, 0.5) is 0 Å². The molecule has 17 heavy (non-hydrogen) atoms. The van der Waals surface area contributed by atoms with Gasteiger partial charge in [0.15, 0.2) is 0 Å². The van der Waals surface area contributed by atoms with Gasteiger partial charge in [0.1, 0.15) is 0 Å². The standard InChI is InChI=1S/C13H12N4/c1-9-3-4-12-13(16-9)5-10(6-14-12)11-7-15-17(2)8-11/h3-8H,1-2H3. The van der Waals surface area contributed by atoms with Crippen LogP contribution in [-0.4, -0.2) is 19.7 Å². The lowest BCUT2D eigenvalue weighted by atomic mass is 10.1. The second-order valence-corrected chi connectivity index (χ2v) is 4.12. The van der Waals surface area contributed by atoms with Gasteiger partial charge in [-0.2, -0.15) is 5.10 Å². The summed E-state index contributed by atoms with van der Waals surface area (Å²) in [6, 6.07) is 6.01. The molecule has 4 nitrogen and oxygen atoms in total. The van der Waals surface area contributed by atoms with Gasteiger partial charge in [0.25, 0.3) is 0 Å². The monoisotopic (exact) mass is 224 g/mol. The molecule has 0 fully saturated rings. The Balaban J connectivity index is 2.18. The number of aromatic nitrogens is 4. The summed E-state index contributed by atoms with van der Waals surface area (Å²) in [5.41, 5.74) is 4.95. The fourth-order valence-electron chi connectivity index (χ4n) is 1.84. The molecule has 0 saturated carbocycles. The second-order valence-electron chi connectivity index (χ2n) is 4.12. The Hall–Kier alpha value is -2.23. The minimum Gasteiger partial charge on any atom is -0.275 e. The van der Waals surface area contributed by atoms with E-state index in [4.69, 9.17) is 0 Å². The molecule has 3 aromatic rings. The average molecular weight is 224 g/mol. The highest BCUT2D eigenvalue weighted by molar-refractivity contribution is 5.79. The molecule has 0 amide bonds. The van der Waals surface area contributed by atoms with Crippen molar-refractivity contribution in [2.24, 2.45) is 7.05 Å². The van der Waals surface area contributed by atoms with Crippen LogP contribution in [0, 0.1) is 6.92 Å². The van der Waals surface area contributed by atoms with Crippen LogP contribution in [0.2, 0.25) is 0 Å². The summed E-state index contributed by atoms with van der Waals surface area (Å²) in [7, 11) is 1.90. The minimum atomic E-state index is 0.920. The molecule has 84 valence electrons. The molecule has 0 saturated heterocycles. The van der Waals surface area contributed by atoms with Crippen LogP contribution in [0.15, 0.2) is 36.8 Å². The lowest BCUT2D eigenvalue weighted by Crippen LogP contribution is -1.87. The quantitative estimate of drug-likeness (QED) is 0.637. The highest BCUT2D eigenvalue weighted by Crippen LogP contribution is 2.21.